The highest BCUT2D eigenvalue weighted by molar-refractivity contribution is 8.14. The minimum Gasteiger partial charge on any atom is -0.491 e. The number of rotatable bonds is 10. The van der Waals surface area contributed by atoms with E-state index in [1.807, 2.05) is 25.2 Å². The molecular formula is C34H37Cl2N7O4S. The molecule has 252 valence electrons. The molecule has 4 aromatic rings. The second-order valence-corrected chi connectivity index (χ2v) is 13.8. The van der Waals surface area contributed by atoms with Crippen molar-refractivity contribution in [2.24, 2.45) is 4.99 Å². The molecule has 4 heterocycles. The van der Waals surface area contributed by atoms with E-state index in [4.69, 9.17) is 47.1 Å². The molecule has 3 aliphatic rings. The Labute approximate surface area is 294 Å². The van der Waals surface area contributed by atoms with Gasteiger partial charge in [-0.3, -0.25) is 0 Å². The van der Waals surface area contributed by atoms with Gasteiger partial charge in [0.1, 0.15) is 43.1 Å². The Balaban J connectivity index is 0.912. The second-order valence-electron chi connectivity index (χ2n) is 11.9. The SMILES string of the molecule is COC1CN(C)/C(=N\c2ccc(N3CCN(c4ccc(OCC5COC(Cn6cncn6)(c6ccc(Cl)cc6Cl)O5)cc4)CC3)cc2)S1. The third kappa shape index (κ3) is 7.39. The maximum Gasteiger partial charge on any atom is 0.217 e. The number of nitrogens with zero attached hydrogens (tertiary/aromatic N) is 7. The molecule has 0 spiro atoms. The van der Waals surface area contributed by atoms with Crippen LogP contribution in [0, 0.1) is 0 Å². The number of hydrogen-bond acceptors (Lipinski definition) is 10. The van der Waals surface area contributed by atoms with E-state index in [1.165, 1.54) is 17.7 Å². The van der Waals surface area contributed by atoms with Gasteiger partial charge in [-0.2, -0.15) is 5.10 Å². The normalized spacial score (nSPS) is 23.8. The molecule has 3 atom stereocenters. The smallest absolute Gasteiger partial charge is 0.217 e. The summed E-state index contributed by atoms with van der Waals surface area (Å²) in [5.41, 5.74) is 4.15. The fourth-order valence-electron chi connectivity index (χ4n) is 6.08. The van der Waals surface area contributed by atoms with Crippen molar-refractivity contribution in [3.8, 4) is 5.75 Å². The van der Waals surface area contributed by atoms with Crippen molar-refractivity contribution >= 4 is 57.2 Å². The summed E-state index contributed by atoms with van der Waals surface area (Å²) in [5.74, 6) is -0.381. The molecule has 14 heteroatoms. The minimum atomic E-state index is -1.15. The van der Waals surface area contributed by atoms with Gasteiger partial charge in [0.2, 0.25) is 5.79 Å². The molecule has 7 rings (SSSR count). The lowest BCUT2D eigenvalue weighted by Gasteiger charge is -2.37. The summed E-state index contributed by atoms with van der Waals surface area (Å²) in [4.78, 5) is 15.8. The van der Waals surface area contributed by atoms with Crippen molar-refractivity contribution in [1.29, 1.82) is 0 Å². The van der Waals surface area contributed by atoms with Gasteiger partial charge in [-0.15, -0.1) is 0 Å². The highest BCUT2D eigenvalue weighted by atomic mass is 35.5. The van der Waals surface area contributed by atoms with Crippen LogP contribution in [0.5, 0.6) is 5.75 Å². The van der Waals surface area contributed by atoms with Gasteiger partial charge in [-0.1, -0.05) is 41.0 Å². The molecule has 3 fully saturated rings. The van der Waals surface area contributed by atoms with E-state index in [9.17, 15) is 0 Å². The Morgan fingerprint density at radius 3 is 2.31 bits per heavy atom. The van der Waals surface area contributed by atoms with Crippen molar-refractivity contribution in [3.63, 3.8) is 0 Å². The van der Waals surface area contributed by atoms with Crippen molar-refractivity contribution in [3.05, 3.63) is 95.0 Å². The van der Waals surface area contributed by atoms with Crippen molar-refractivity contribution < 1.29 is 18.9 Å². The van der Waals surface area contributed by atoms with Gasteiger partial charge in [-0.05, 0) is 60.7 Å². The van der Waals surface area contributed by atoms with Crippen LogP contribution in [-0.4, -0.2) is 96.5 Å². The third-order valence-electron chi connectivity index (χ3n) is 8.64. The Kier molecular flexibility index (Phi) is 9.99. The first-order valence-corrected chi connectivity index (χ1v) is 17.4. The lowest BCUT2D eigenvalue weighted by Crippen LogP contribution is -2.46. The Hall–Kier alpha value is -3.52. The zero-order valence-corrected chi connectivity index (χ0v) is 29.1. The first kappa shape index (κ1) is 33.0. The van der Waals surface area contributed by atoms with E-state index in [2.05, 4.69) is 61.2 Å². The topological polar surface area (TPSA) is 89.7 Å². The minimum absolute atomic E-state index is 0.134. The zero-order valence-electron chi connectivity index (χ0n) is 26.7. The fourth-order valence-corrected chi connectivity index (χ4v) is 7.67. The number of thioether (sulfide) groups is 1. The number of aliphatic imine (C=N–C) groups is 1. The molecule has 3 unspecified atom stereocenters. The number of piperazine rings is 1. The van der Waals surface area contributed by atoms with Crippen LogP contribution in [0.3, 0.4) is 0 Å². The van der Waals surface area contributed by atoms with Gasteiger partial charge in [0.05, 0.1) is 23.9 Å². The van der Waals surface area contributed by atoms with E-state index < -0.39 is 5.79 Å². The second kappa shape index (κ2) is 14.5. The van der Waals surface area contributed by atoms with Crippen molar-refractivity contribution in [1.82, 2.24) is 19.7 Å². The first-order valence-electron chi connectivity index (χ1n) is 15.8. The molecule has 11 nitrogen and oxygen atoms in total. The average molecular weight is 711 g/mol. The number of hydrogen-bond donors (Lipinski definition) is 0. The number of aromatic nitrogens is 3. The lowest BCUT2D eigenvalue weighted by atomic mass is 10.1. The van der Waals surface area contributed by atoms with Crippen LogP contribution in [0.1, 0.15) is 5.56 Å². The molecule has 48 heavy (non-hydrogen) atoms. The molecule has 1 aromatic heterocycles. The largest absolute Gasteiger partial charge is 0.491 e. The van der Waals surface area contributed by atoms with E-state index in [-0.39, 0.29) is 18.1 Å². The molecule has 0 N–H and O–H groups in total. The van der Waals surface area contributed by atoms with Gasteiger partial charge in [0.25, 0.3) is 0 Å². The quantitative estimate of drug-likeness (QED) is 0.198. The predicted molar refractivity (Wildman–Crippen MR) is 190 cm³/mol. The number of methoxy groups -OCH3 is 1. The summed E-state index contributed by atoms with van der Waals surface area (Å²) < 4.78 is 26.0. The average Bonchev–Trinajstić information content (AvgIpc) is 3.86. The molecule has 0 saturated carbocycles. The van der Waals surface area contributed by atoms with Crippen LogP contribution in [0.4, 0.5) is 17.1 Å². The predicted octanol–water partition coefficient (Wildman–Crippen LogP) is 5.90. The number of ether oxygens (including phenoxy) is 4. The van der Waals surface area contributed by atoms with Crippen LogP contribution < -0.4 is 14.5 Å². The molecule has 0 radical (unpaired) electrons. The summed E-state index contributed by atoms with van der Waals surface area (Å²) >= 11 is 14.4. The number of amidine groups is 1. The maximum absolute atomic E-state index is 6.58. The van der Waals surface area contributed by atoms with E-state index in [1.54, 1.807) is 42.0 Å². The lowest BCUT2D eigenvalue weighted by molar-refractivity contribution is -0.190. The summed E-state index contributed by atoms with van der Waals surface area (Å²) in [6.07, 6.45) is 2.77. The number of benzene rings is 3. The summed E-state index contributed by atoms with van der Waals surface area (Å²) in [6.45, 7) is 5.50. The summed E-state index contributed by atoms with van der Waals surface area (Å²) in [6, 6.07) is 22.0. The van der Waals surface area contributed by atoms with E-state index in [0.717, 1.165) is 49.3 Å². The maximum atomic E-state index is 6.58. The van der Waals surface area contributed by atoms with Gasteiger partial charge in [0.15, 0.2) is 5.17 Å². The van der Waals surface area contributed by atoms with E-state index in [0.29, 0.717) is 28.8 Å². The number of likely N-dealkylation sites (N-methyl/N-ethyl adjacent to an activating group) is 1. The van der Waals surface area contributed by atoms with Crippen LogP contribution in [0.2, 0.25) is 10.0 Å². The third-order valence-corrected chi connectivity index (χ3v) is 10.4. The fraction of sp³-hybridized carbons (Fsp3) is 0.382. The molecule has 0 bridgehead atoms. The Bertz CT molecular complexity index is 1710. The number of anilines is 2. The molecule has 0 aliphatic carbocycles. The van der Waals surface area contributed by atoms with Crippen LogP contribution in [0.25, 0.3) is 0 Å². The molecular weight excluding hydrogens is 673 g/mol. The monoisotopic (exact) mass is 709 g/mol. The standard InChI is InChI=1S/C34H37Cl2N7O4S/c1-40-18-32(44-2)48-33(40)39-25-4-6-26(7-5-25)41-13-15-42(16-14-41)27-8-10-28(11-9-27)45-19-29-20-46-34(47-29,21-43-23-37-22-38-43)30-12-3-24(35)17-31(30)36/h3-12,17,22-23,29,32H,13-16,18-21H2,1-2H3/b39-33+. The highest BCUT2D eigenvalue weighted by Crippen LogP contribution is 2.40. The number of halogens is 2. The summed E-state index contributed by atoms with van der Waals surface area (Å²) in [7, 11) is 3.79. The van der Waals surface area contributed by atoms with Crippen LogP contribution in [-0.2, 0) is 26.5 Å². The summed E-state index contributed by atoms with van der Waals surface area (Å²) in [5, 5.41) is 6.21. The van der Waals surface area contributed by atoms with E-state index >= 15 is 0 Å². The molecule has 3 aliphatic heterocycles. The highest BCUT2D eigenvalue weighted by Gasteiger charge is 2.45. The van der Waals surface area contributed by atoms with Gasteiger partial charge in [-0.25, -0.2) is 14.7 Å². The zero-order chi connectivity index (χ0) is 33.1. The van der Waals surface area contributed by atoms with Crippen molar-refractivity contribution in [2.75, 3.05) is 69.9 Å². The van der Waals surface area contributed by atoms with Gasteiger partial charge >= 0.3 is 0 Å². The van der Waals surface area contributed by atoms with Gasteiger partial charge in [0, 0.05) is 62.3 Å². The van der Waals surface area contributed by atoms with Gasteiger partial charge < -0.3 is 33.6 Å². The first-order chi connectivity index (χ1) is 23.4. The molecule has 3 aromatic carbocycles. The Morgan fingerprint density at radius 1 is 0.979 bits per heavy atom. The molecule has 3 saturated heterocycles. The Morgan fingerprint density at radius 2 is 1.69 bits per heavy atom. The van der Waals surface area contributed by atoms with Crippen molar-refractivity contribution in [2.45, 2.75) is 23.9 Å². The van der Waals surface area contributed by atoms with Crippen LogP contribution >= 0.6 is 35.0 Å². The molecule has 0 amide bonds. The van der Waals surface area contributed by atoms with Crippen LogP contribution in [0.15, 0.2) is 84.4 Å².